The lowest BCUT2D eigenvalue weighted by Crippen LogP contribution is -2.34. The molecule has 1 saturated heterocycles. The number of thiazole rings is 1. The summed E-state index contributed by atoms with van der Waals surface area (Å²) in [5, 5.41) is 6.78. The van der Waals surface area contributed by atoms with Crippen LogP contribution in [0.15, 0.2) is 17.8 Å². The van der Waals surface area contributed by atoms with Gasteiger partial charge in [-0.05, 0) is 18.4 Å². The maximum Gasteiger partial charge on any atom is 0.273 e. The van der Waals surface area contributed by atoms with Crippen LogP contribution in [0.1, 0.15) is 23.8 Å². The molecule has 1 amide bonds. The highest BCUT2D eigenvalue weighted by molar-refractivity contribution is 7.13. The molecule has 2 N–H and O–H groups in total. The third-order valence-corrected chi connectivity index (χ3v) is 4.90. The minimum atomic E-state index is -0.00133. The van der Waals surface area contributed by atoms with Crippen molar-refractivity contribution in [1.29, 1.82) is 0 Å². The van der Waals surface area contributed by atoms with Crippen LogP contribution in [0.5, 0.6) is 0 Å². The zero-order valence-corrected chi connectivity index (χ0v) is 14.3. The Morgan fingerprint density at radius 1 is 1.55 bits per heavy atom. The quantitative estimate of drug-likeness (QED) is 0.923. The van der Waals surface area contributed by atoms with E-state index in [-0.39, 0.29) is 23.7 Å². The summed E-state index contributed by atoms with van der Waals surface area (Å²) in [7, 11) is 1.86. The van der Waals surface area contributed by atoms with Crippen molar-refractivity contribution in [3.05, 3.63) is 23.5 Å². The van der Waals surface area contributed by atoms with E-state index in [1.165, 1.54) is 11.3 Å². The number of halogens is 1. The highest BCUT2D eigenvalue weighted by atomic mass is 35.5. The maximum atomic E-state index is 12.5. The molecule has 0 aliphatic carbocycles. The van der Waals surface area contributed by atoms with E-state index in [1.807, 2.05) is 23.5 Å². The Labute approximate surface area is 139 Å². The molecule has 0 aromatic carbocycles. The summed E-state index contributed by atoms with van der Waals surface area (Å²) in [6.45, 7) is 4.20. The molecule has 0 bridgehead atoms. The van der Waals surface area contributed by atoms with Crippen LogP contribution in [0.4, 0.5) is 0 Å². The summed E-state index contributed by atoms with van der Waals surface area (Å²) >= 11 is 1.47. The fraction of sp³-hybridized carbons (Fsp3) is 0.500. The molecule has 1 aliphatic rings. The van der Waals surface area contributed by atoms with Crippen molar-refractivity contribution in [3.8, 4) is 10.6 Å². The molecule has 22 heavy (non-hydrogen) atoms. The van der Waals surface area contributed by atoms with Crippen LogP contribution < -0.4 is 5.73 Å². The predicted octanol–water partition coefficient (Wildman–Crippen LogP) is 1.78. The zero-order chi connectivity index (χ0) is 15.0. The van der Waals surface area contributed by atoms with E-state index in [9.17, 15) is 4.79 Å². The van der Waals surface area contributed by atoms with Crippen molar-refractivity contribution in [2.24, 2.45) is 18.2 Å². The van der Waals surface area contributed by atoms with E-state index in [0.717, 1.165) is 23.5 Å². The second-order valence-corrected chi connectivity index (χ2v) is 6.79. The fourth-order valence-corrected chi connectivity index (χ4v) is 3.33. The van der Waals surface area contributed by atoms with Crippen LogP contribution in [0.3, 0.4) is 0 Å². The minimum Gasteiger partial charge on any atom is -0.337 e. The van der Waals surface area contributed by atoms with Crippen molar-refractivity contribution in [2.45, 2.75) is 13.3 Å². The molecule has 3 rings (SSSR count). The third-order valence-electron chi connectivity index (χ3n) is 4.01. The van der Waals surface area contributed by atoms with E-state index in [4.69, 9.17) is 5.73 Å². The Morgan fingerprint density at radius 3 is 2.91 bits per heavy atom. The average molecular weight is 342 g/mol. The van der Waals surface area contributed by atoms with Crippen molar-refractivity contribution in [1.82, 2.24) is 19.7 Å². The molecule has 2 aromatic heterocycles. The molecule has 8 heteroatoms. The zero-order valence-electron chi connectivity index (χ0n) is 12.7. The van der Waals surface area contributed by atoms with Gasteiger partial charge in [-0.25, -0.2) is 4.98 Å². The first-order chi connectivity index (χ1) is 10.0. The van der Waals surface area contributed by atoms with E-state index >= 15 is 0 Å². The van der Waals surface area contributed by atoms with Gasteiger partial charge in [0.1, 0.15) is 10.7 Å². The van der Waals surface area contributed by atoms with Gasteiger partial charge in [-0.3, -0.25) is 9.48 Å². The van der Waals surface area contributed by atoms with E-state index in [0.29, 0.717) is 18.8 Å². The summed E-state index contributed by atoms with van der Waals surface area (Å²) < 4.78 is 1.73. The Bertz CT molecular complexity index is 670. The molecular weight excluding hydrogens is 322 g/mol. The van der Waals surface area contributed by atoms with Gasteiger partial charge in [0.15, 0.2) is 0 Å². The first-order valence-electron chi connectivity index (χ1n) is 6.95. The Hall–Kier alpha value is -1.44. The number of nitrogens with two attached hydrogens (primary N) is 1. The number of hydrogen-bond acceptors (Lipinski definition) is 5. The first kappa shape index (κ1) is 16.9. The highest BCUT2D eigenvalue weighted by Crippen LogP contribution is 2.30. The molecule has 3 heterocycles. The number of hydrogen-bond donors (Lipinski definition) is 1. The van der Waals surface area contributed by atoms with Crippen molar-refractivity contribution >= 4 is 29.7 Å². The number of likely N-dealkylation sites (tertiary alicyclic amines) is 1. The van der Waals surface area contributed by atoms with Crippen LogP contribution in [0, 0.1) is 5.41 Å². The Kier molecular flexibility index (Phi) is 4.89. The summed E-state index contributed by atoms with van der Waals surface area (Å²) in [6.07, 6.45) is 4.61. The topological polar surface area (TPSA) is 77.0 Å². The molecular formula is C14H20ClN5OS. The number of nitrogens with zero attached hydrogens (tertiary/aromatic N) is 4. The summed E-state index contributed by atoms with van der Waals surface area (Å²) in [4.78, 5) is 18.8. The molecule has 2 aromatic rings. The smallest absolute Gasteiger partial charge is 0.273 e. The number of carbonyl (C=O) groups is 1. The largest absolute Gasteiger partial charge is 0.337 e. The summed E-state index contributed by atoms with van der Waals surface area (Å²) in [5.74, 6) is -0.00133. The Balaban J connectivity index is 0.00000176. The standard InChI is InChI=1S/C14H19N5OS.ClH/c1-14(8-15)3-4-19(9-14)13(20)11-7-21-12(17-11)10-5-16-18(2)6-10;/h5-7H,3-4,8-9,15H2,1-2H3;1H. The third kappa shape index (κ3) is 3.16. The van der Waals surface area contributed by atoms with Gasteiger partial charge in [0.05, 0.1) is 6.20 Å². The van der Waals surface area contributed by atoms with Gasteiger partial charge in [-0.2, -0.15) is 5.10 Å². The van der Waals surface area contributed by atoms with Gasteiger partial charge in [0.2, 0.25) is 0 Å². The van der Waals surface area contributed by atoms with Crippen molar-refractivity contribution in [2.75, 3.05) is 19.6 Å². The second kappa shape index (κ2) is 6.36. The summed E-state index contributed by atoms with van der Waals surface area (Å²) in [5.41, 5.74) is 7.28. The van der Waals surface area contributed by atoms with E-state index < -0.39 is 0 Å². The van der Waals surface area contributed by atoms with E-state index in [2.05, 4.69) is 17.0 Å². The molecule has 0 saturated carbocycles. The average Bonchev–Trinajstić information content (AvgIpc) is 3.17. The Morgan fingerprint density at radius 2 is 2.32 bits per heavy atom. The SMILES string of the molecule is Cl.Cn1cc(-c2nc(C(=O)N3CCC(C)(CN)C3)cs2)cn1. The van der Waals surface area contributed by atoms with E-state index in [1.54, 1.807) is 10.9 Å². The maximum absolute atomic E-state index is 12.5. The molecule has 1 unspecified atom stereocenters. The van der Waals surface area contributed by atoms with Gasteiger partial charge in [-0.15, -0.1) is 23.7 Å². The second-order valence-electron chi connectivity index (χ2n) is 5.93. The number of amides is 1. The molecule has 0 spiro atoms. The fourth-order valence-electron chi connectivity index (χ4n) is 2.56. The minimum absolute atomic E-state index is 0. The van der Waals surface area contributed by atoms with Gasteiger partial charge < -0.3 is 10.6 Å². The van der Waals surface area contributed by atoms with Gasteiger partial charge in [0, 0.05) is 37.3 Å². The molecule has 1 aliphatic heterocycles. The van der Waals surface area contributed by atoms with Crippen LogP contribution in [-0.2, 0) is 7.05 Å². The van der Waals surface area contributed by atoms with Gasteiger partial charge in [-0.1, -0.05) is 6.92 Å². The van der Waals surface area contributed by atoms with Gasteiger partial charge in [0.25, 0.3) is 5.91 Å². The normalized spacial score (nSPS) is 21.0. The number of aryl methyl sites for hydroxylation is 1. The van der Waals surface area contributed by atoms with Gasteiger partial charge >= 0.3 is 0 Å². The van der Waals surface area contributed by atoms with Crippen molar-refractivity contribution in [3.63, 3.8) is 0 Å². The molecule has 0 radical (unpaired) electrons. The summed E-state index contributed by atoms with van der Waals surface area (Å²) in [6, 6.07) is 0. The lowest BCUT2D eigenvalue weighted by Gasteiger charge is -2.22. The highest BCUT2D eigenvalue weighted by Gasteiger charge is 2.35. The lowest BCUT2D eigenvalue weighted by atomic mass is 9.90. The molecule has 1 fully saturated rings. The van der Waals surface area contributed by atoms with Crippen LogP contribution in [0.2, 0.25) is 0 Å². The van der Waals surface area contributed by atoms with Crippen LogP contribution in [0.25, 0.3) is 10.6 Å². The monoisotopic (exact) mass is 341 g/mol. The molecule has 1 atom stereocenters. The number of aromatic nitrogens is 3. The lowest BCUT2D eigenvalue weighted by molar-refractivity contribution is 0.0772. The number of rotatable bonds is 3. The van der Waals surface area contributed by atoms with Crippen LogP contribution in [-0.4, -0.2) is 45.2 Å². The molecule has 6 nitrogen and oxygen atoms in total. The number of carbonyl (C=O) groups excluding carboxylic acids is 1. The molecule has 120 valence electrons. The first-order valence-corrected chi connectivity index (χ1v) is 7.83. The van der Waals surface area contributed by atoms with Crippen LogP contribution >= 0.6 is 23.7 Å². The predicted molar refractivity (Wildman–Crippen MR) is 89.2 cm³/mol. The van der Waals surface area contributed by atoms with Crippen molar-refractivity contribution < 1.29 is 4.79 Å².